The van der Waals surface area contributed by atoms with Crippen molar-refractivity contribution in [2.45, 2.75) is 0 Å². The van der Waals surface area contributed by atoms with Gasteiger partial charge in [0.2, 0.25) is 0 Å². The number of aromatic nitrogens is 3. The molecule has 4 heteroatoms. The molecular weight excluding hydrogens is 647 g/mol. The molecule has 2 aromatic heterocycles. The van der Waals surface area contributed by atoms with Crippen LogP contribution in [0.25, 0.3) is 110 Å². The molecule has 0 aliphatic rings. The molecule has 0 spiro atoms. The third-order valence-corrected chi connectivity index (χ3v) is 10.5. The van der Waals surface area contributed by atoms with E-state index in [0.29, 0.717) is 17.5 Å². The van der Waals surface area contributed by atoms with Gasteiger partial charge in [-0.3, -0.25) is 0 Å². The monoisotopic (exact) mass is 675 g/mol. The topological polar surface area (TPSA) is 51.8 Å². The van der Waals surface area contributed by atoms with Crippen molar-refractivity contribution in [1.29, 1.82) is 0 Å². The van der Waals surface area contributed by atoms with Crippen molar-refractivity contribution in [3.8, 4) is 45.3 Å². The van der Waals surface area contributed by atoms with Crippen LogP contribution in [0.4, 0.5) is 0 Å². The molecular formula is C49H29N3O. The van der Waals surface area contributed by atoms with E-state index in [1.54, 1.807) is 0 Å². The van der Waals surface area contributed by atoms with Crippen LogP contribution in [0, 0.1) is 0 Å². The molecule has 0 bridgehead atoms. The fraction of sp³-hybridized carbons (Fsp3) is 0. The van der Waals surface area contributed by atoms with Gasteiger partial charge < -0.3 is 4.42 Å². The van der Waals surface area contributed by atoms with Gasteiger partial charge in [0.05, 0.1) is 0 Å². The van der Waals surface area contributed by atoms with Gasteiger partial charge in [-0.05, 0) is 60.8 Å². The van der Waals surface area contributed by atoms with E-state index in [1.807, 2.05) is 42.5 Å². The Kier molecular flexibility index (Phi) is 6.52. The van der Waals surface area contributed by atoms with Gasteiger partial charge in [-0.2, -0.15) is 0 Å². The highest BCUT2D eigenvalue weighted by atomic mass is 16.3. The van der Waals surface area contributed by atoms with Crippen LogP contribution in [0.15, 0.2) is 180 Å². The van der Waals surface area contributed by atoms with Gasteiger partial charge in [0.25, 0.3) is 0 Å². The van der Waals surface area contributed by atoms with E-state index in [-0.39, 0.29) is 0 Å². The molecule has 0 fully saturated rings. The number of benzene rings is 9. The standard InChI is InChI=1S/C49H29N3O/c1-2-13-32(14-3-1)47-50-48(34-24-23-30-11-4-5-15-33(30)29-34)52-49(51-47)43-21-10-22-44-45(43)42-20-9-19-41(46(42)53-44)37-18-8-17-36-39-26-25-31-12-6-7-16-35(31)38(39)27-28-40(36)37/h1-29H. The second-order valence-electron chi connectivity index (χ2n) is 13.5. The Morgan fingerprint density at radius 3 is 1.79 bits per heavy atom. The highest BCUT2D eigenvalue weighted by Gasteiger charge is 2.20. The summed E-state index contributed by atoms with van der Waals surface area (Å²) in [5, 5.41) is 11.7. The van der Waals surface area contributed by atoms with Crippen molar-refractivity contribution >= 4 is 65.0 Å². The van der Waals surface area contributed by atoms with Gasteiger partial charge in [-0.25, -0.2) is 15.0 Å². The lowest BCUT2D eigenvalue weighted by atomic mass is 9.92. The van der Waals surface area contributed by atoms with E-state index >= 15 is 0 Å². The summed E-state index contributed by atoms with van der Waals surface area (Å²) in [7, 11) is 0. The summed E-state index contributed by atoms with van der Waals surface area (Å²) in [5.74, 6) is 1.85. The normalized spacial score (nSPS) is 11.8. The van der Waals surface area contributed by atoms with E-state index < -0.39 is 0 Å². The highest BCUT2D eigenvalue weighted by molar-refractivity contribution is 6.21. The van der Waals surface area contributed by atoms with Gasteiger partial charge in [0, 0.05) is 33.0 Å². The summed E-state index contributed by atoms with van der Waals surface area (Å²) >= 11 is 0. The van der Waals surface area contributed by atoms with Gasteiger partial charge in [-0.15, -0.1) is 0 Å². The molecule has 0 N–H and O–H groups in total. The fourth-order valence-electron chi connectivity index (χ4n) is 8.01. The molecule has 0 saturated carbocycles. The Morgan fingerprint density at radius 2 is 0.906 bits per heavy atom. The van der Waals surface area contributed by atoms with Crippen molar-refractivity contribution in [3.05, 3.63) is 176 Å². The first-order valence-electron chi connectivity index (χ1n) is 17.9. The SMILES string of the molecule is c1ccc(-c2nc(-c3ccc4ccccc4c3)nc(-c3cccc4oc5c(-c6cccc7c6ccc6c8ccccc8ccc76)cccc5c34)n2)cc1. The highest BCUT2D eigenvalue weighted by Crippen LogP contribution is 2.43. The van der Waals surface area contributed by atoms with E-state index in [4.69, 9.17) is 19.4 Å². The van der Waals surface area contributed by atoms with Crippen molar-refractivity contribution in [1.82, 2.24) is 15.0 Å². The number of hydrogen-bond acceptors (Lipinski definition) is 4. The lowest BCUT2D eigenvalue weighted by Gasteiger charge is -2.12. The fourth-order valence-corrected chi connectivity index (χ4v) is 8.01. The Hall–Kier alpha value is -7.17. The molecule has 4 nitrogen and oxygen atoms in total. The van der Waals surface area contributed by atoms with Crippen LogP contribution in [0.2, 0.25) is 0 Å². The molecule has 0 radical (unpaired) electrons. The second kappa shape index (κ2) is 11.7. The summed E-state index contributed by atoms with van der Waals surface area (Å²) in [5.41, 5.74) is 6.58. The van der Waals surface area contributed by atoms with Crippen molar-refractivity contribution in [2.24, 2.45) is 0 Å². The maximum Gasteiger partial charge on any atom is 0.164 e. The largest absolute Gasteiger partial charge is 0.455 e. The van der Waals surface area contributed by atoms with Gasteiger partial charge in [0.15, 0.2) is 17.5 Å². The third kappa shape index (κ3) is 4.73. The number of hydrogen-bond donors (Lipinski definition) is 0. The maximum atomic E-state index is 6.80. The number of nitrogens with zero attached hydrogens (tertiary/aromatic N) is 3. The zero-order chi connectivity index (χ0) is 34.9. The van der Waals surface area contributed by atoms with Crippen molar-refractivity contribution < 1.29 is 4.42 Å². The first kappa shape index (κ1) is 29.5. The second-order valence-corrected chi connectivity index (χ2v) is 13.5. The summed E-state index contributed by atoms with van der Waals surface area (Å²) in [6.45, 7) is 0. The molecule has 0 atom stereocenters. The first-order chi connectivity index (χ1) is 26.3. The minimum absolute atomic E-state index is 0.601. The molecule has 0 aliphatic heterocycles. The van der Waals surface area contributed by atoms with Crippen LogP contribution in [-0.4, -0.2) is 15.0 Å². The van der Waals surface area contributed by atoms with Crippen LogP contribution in [0.1, 0.15) is 0 Å². The number of fused-ring (bicyclic) bond motifs is 9. The molecule has 9 aromatic carbocycles. The van der Waals surface area contributed by atoms with Crippen LogP contribution >= 0.6 is 0 Å². The average Bonchev–Trinajstić information content (AvgIpc) is 3.62. The van der Waals surface area contributed by atoms with E-state index in [1.165, 1.54) is 37.7 Å². The lowest BCUT2D eigenvalue weighted by molar-refractivity contribution is 0.670. The molecule has 0 aliphatic carbocycles. The predicted molar refractivity (Wildman–Crippen MR) is 219 cm³/mol. The average molecular weight is 676 g/mol. The number of rotatable bonds is 4. The number of furan rings is 1. The van der Waals surface area contributed by atoms with Crippen LogP contribution in [0.5, 0.6) is 0 Å². The maximum absolute atomic E-state index is 6.80. The Labute approximate surface area is 304 Å². The zero-order valence-corrected chi connectivity index (χ0v) is 28.5. The summed E-state index contributed by atoms with van der Waals surface area (Å²) in [6, 6.07) is 61.6. The molecule has 0 amide bonds. The minimum atomic E-state index is 0.601. The third-order valence-electron chi connectivity index (χ3n) is 10.5. The zero-order valence-electron chi connectivity index (χ0n) is 28.5. The Bertz CT molecular complexity index is 3240. The van der Waals surface area contributed by atoms with Crippen molar-refractivity contribution in [2.75, 3.05) is 0 Å². The van der Waals surface area contributed by atoms with Crippen LogP contribution < -0.4 is 0 Å². The molecule has 0 unspecified atom stereocenters. The van der Waals surface area contributed by atoms with E-state index in [9.17, 15) is 0 Å². The van der Waals surface area contributed by atoms with Crippen molar-refractivity contribution in [3.63, 3.8) is 0 Å². The Morgan fingerprint density at radius 1 is 0.321 bits per heavy atom. The van der Waals surface area contributed by atoms with Gasteiger partial charge >= 0.3 is 0 Å². The van der Waals surface area contributed by atoms with Gasteiger partial charge in [0.1, 0.15) is 11.2 Å². The van der Waals surface area contributed by atoms with Crippen LogP contribution in [-0.2, 0) is 0 Å². The predicted octanol–water partition coefficient (Wildman–Crippen LogP) is 13.1. The smallest absolute Gasteiger partial charge is 0.164 e. The number of para-hydroxylation sites is 1. The lowest BCUT2D eigenvalue weighted by Crippen LogP contribution is -2.00. The molecule has 53 heavy (non-hydrogen) atoms. The van der Waals surface area contributed by atoms with E-state index in [2.05, 4.69) is 133 Å². The van der Waals surface area contributed by atoms with Crippen LogP contribution in [0.3, 0.4) is 0 Å². The van der Waals surface area contributed by atoms with Gasteiger partial charge in [-0.1, -0.05) is 164 Å². The quantitative estimate of drug-likeness (QED) is 0.174. The first-order valence-corrected chi connectivity index (χ1v) is 17.9. The molecule has 11 rings (SSSR count). The molecule has 246 valence electrons. The molecule has 11 aromatic rings. The Balaban J connectivity index is 1.12. The molecule has 0 saturated heterocycles. The molecule has 2 heterocycles. The summed E-state index contributed by atoms with van der Waals surface area (Å²) in [6.07, 6.45) is 0. The minimum Gasteiger partial charge on any atom is -0.455 e. The summed E-state index contributed by atoms with van der Waals surface area (Å²) < 4.78 is 6.80. The van der Waals surface area contributed by atoms with E-state index in [0.717, 1.165) is 55.1 Å². The summed E-state index contributed by atoms with van der Waals surface area (Å²) in [4.78, 5) is 15.3.